The Bertz CT molecular complexity index is 692. The van der Waals surface area contributed by atoms with Gasteiger partial charge in [-0.25, -0.2) is 0 Å². The van der Waals surface area contributed by atoms with E-state index in [-0.39, 0.29) is 46.5 Å². The third kappa shape index (κ3) is 2.29. The summed E-state index contributed by atoms with van der Waals surface area (Å²) in [5.74, 6) is -0.425. The molecule has 3 aliphatic rings. The molecule has 0 aromatic heterocycles. The number of hydrogen-bond donors (Lipinski definition) is 1. The summed E-state index contributed by atoms with van der Waals surface area (Å²) in [6.45, 7) is 2.06. The maximum atomic E-state index is 12.9. The molecule has 0 radical (unpaired) electrons. The fourth-order valence-electron chi connectivity index (χ4n) is 4.52. The van der Waals surface area contributed by atoms with E-state index in [9.17, 15) is 9.59 Å². The van der Waals surface area contributed by atoms with Crippen molar-refractivity contribution in [2.24, 2.45) is 23.7 Å². The van der Waals surface area contributed by atoms with Crippen molar-refractivity contribution in [2.75, 3.05) is 5.32 Å². The van der Waals surface area contributed by atoms with Crippen LogP contribution >= 0.6 is 31.9 Å². The molecule has 1 aromatic rings. The monoisotopic (exact) mass is 441 g/mol. The highest BCUT2D eigenvalue weighted by Crippen LogP contribution is 2.60. The molecule has 23 heavy (non-hydrogen) atoms. The molecule has 4 rings (SSSR count). The van der Waals surface area contributed by atoms with Crippen LogP contribution < -0.4 is 5.32 Å². The Kier molecular flexibility index (Phi) is 3.80. The Morgan fingerprint density at radius 1 is 1.39 bits per heavy atom. The molecule has 6 atom stereocenters. The van der Waals surface area contributed by atoms with E-state index < -0.39 is 0 Å². The third-order valence-corrected chi connectivity index (χ3v) is 7.23. The number of fused-ring (bicyclic) bond motifs is 1. The van der Waals surface area contributed by atoms with Crippen molar-refractivity contribution in [1.29, 1.82) is 0 Å². The standard InChI is InChI=1S/C17H17Br2NO3/c1-2-7-5-8(18)3-4-11(7)20-16(21)12-9-6-10-13(12)17(22)23-15(10)14(9)19/h3-5,9-10,12-15H,2,6H2,1H3,(H,20,21)/t9-,10-,12-,13-,14-,15+/m1/s1. The van der Waals surface area contributed by atoms with E-state index in [0.717, 1.165) is 28.6 Å². The minimum Gasteiger partial charge on any atom is -0.461 e. The van der Waals surface area contributed by atoms with Gasteiger partial charge in [-0.15, -0.1) is 0 Å². The summed E-state index contributed by atoms with van der Waals surface area (Å²) >= 11 is 7.10. The van der Waals surface area contributed by atoms with E-state index in [1.165, 1.54) is 0 Å². The number of halogens is 2. The number of ether oxygens (including phenoxy) is 1. The van der Waals surface area contributed by atoms with E-state index >= 15 is 0 Å². The first kappa shape index (κ1) is 15.6. The summed E-state index contributed by atoms with van der Waals surface area (Å²) in [6, 6.07) is 5.85. The van der Waals surface area contributed by atoms with Gasteiger partial charge in [0.15, 0.2) is 0 Å². The average Bonchev–Trinajstić information content (AvgIpc) is 3.13. The predicted molar refractivity (Wildman–Crippen MR) is 93.3 cm³/mol. The van der Waals surface area contributed by atoms with Crippen molar-refractivity contribution in [3.63, 3.8) is 0 Å². The lowest BCUT2D eigenvalue weighted by atomic mass is 9.79. The number of nitrogens with one attached hydrogen (secondary N) is 1. The van der Waals surface area contributed by atoms with Crippen molar-refractivity contribution < 1.29 is 14.3 Å². The van der Waals surface area contributed by atoms with E-state index in [1.807, 2.05) is 18.2 Å². The van der Waals surface area contributed by atoms with Crippen molar-refractivity contribution in [1.82, 2.24) is 0 Å². The first-order chi connectivity index (χ1) is 11.0. The highest BCUT2D eigenvalue weighted by molar-refractivity contribution is 9.10. The maximum absolute atomic E-state index is 12.9. The molecule has 1 saturated heterocycles. The van der Waals surface area contributed by atoms with Crippen LogP contribution in [0.2, 0.25) is 0 Å². The molecule has 2 saturated carbocycles. The molecular formula is C17H17Br2NO3. The lowest BCUT2D eigenvalue weighted by Gasteiger charge is -2.27. The number of carbonyl (C=O) groups excluding carboxylic acids is 2. The molecule has 0 spiro atoms. The zero-order chi connectivity index (χ0) is 16.3. The smallest absolute Gasteiger partial charge is 0.310 e. The first-order valence-corrected chi connectivity index (χ1v) is 9.66. The highest BCUT2D eigenvalue weighted by Gasteiger charge is 2.67. The fraction of sp³-hybridized carbons (Fsp3) is 0.529. The van der Waals surface area contributed by atoms with Crippen LogP contribution in [0.1, 0.15) is 18.9 Å². The summed E-state index contributed by atoms with van der Waals surface area (Å²) in [5.41, 5.74) is 1.91. The van der Waals surface area contributed by atoms with Crippen molar-refractivity contribution in [3.8, 4) is 0 Å². The van der Waals surface area contributed by atoms with Gasteiger partial charge < -0.3 is 10.1 Å². The van der Waals surface area contributed by atoms with Gasteiger partial charge in [-0.3, -0.25) is 9.59 Å². The van der Waals surface area contributed by atoms with Crippen LogP contribution in [0, 0.1) is 23.7 Å². The number of amides is 1. The largest absolute Gasteiger partial charge is 0.461 e. The Morgan fingerprint density at radius 3 is 2.91 bits per heavy atom. The Morgan fingerprint density at radius 2 is 2.17 bits per heavy atom. The van der Waals surface area contributed by atoms with E-state index in [1.54, 1.807) is 0 Å². The third-order valence-electron chi connectivity index (χ3n) is 5.53. The van der Waals surface area contributed by atoms with Crippen LogP contribution in [0.15, 0.2) is 22.7 Å². The maximum Gasteiger partial charge on any atom is 0.310 e. The van der Waals surface area contributed by atoms with Gasteiger partial charge in [0.2, 0.25) is 5.91 Å². The Labute approximate surface area is 151 Å². The van der Waals surface area contributed by atoms with E-state index in [0.29, 0.717) is 0 Å². The second-order valence-corrected chi connectivity index (χ2v) is 8.58. The molecular weight excluding hydrogens is 426 g/mol. The number of hydrogen-bond acceptors (Lipinski definition) is 3. The molecule has 3 fully saturated rings. The number of benzene rings is 1. The summed E-state index contributed by atoms with van der Waals surface area (Å²) in [7, 11) is 0. The van der Waals surface area contributed by atoms with Crippen LogP contribution in [0.4, 0.5) is 5.69 Å². The molecule has 0 unspecified atom stereocenters. The molecule has 1 aromatic carbocycles. The SMILES string of the molecule is CCc1cc(Br)ccc1NC(=O)[C@@H]1[C@H]2C[C@H]3[C@H](OC(=O)[C@H]31)[C@@H]2Br. The quantitative estimate of drug-likeness (QED) is 0.575. The number of carbonyl (C=O) groups is 2. The topological polar surface area (TPSA) is 55.4 Å². The molecule has 1 heterocycles. The van der Waals surface area contributed by atoms with Crippen molar-refractivity contribution in [2.45, 2.75) is 30.7 Å². The fourth-order valence-corrected chi connectivity index (χ4v) is 5.98. The lowest BCUT2D eigenvalue weighted by Crippen LogP contribution is -2.40. The normalized spacial score (nSPS) is 37.1. The number of aryl methyl sites for hydroxylation is 1. The zero-order valence-corrected chi connectivity index (χ0v) is 15.8. The van der Waals surface area contributed by atoms with Crippen LogP contribution in [0.3, 0.4) is 0 Å². The second kappa shape index (κ2) is 5.59. The molecule has 1 N–H and O–H groups in total. The second-order valence-electron chi connectivity index (χ2n) is 6.61. The van der Waals surface area contributed by atoms with Gasteiger partial charge in [0, 0.05) is 16.1 Å². The van der Waals surface area contributed by atoms with Crippen LogP contribution in [0.5, 0.6) is 0 Å². The highest BCUT2D eigenvalue weighted by atomic mass is 79.9. The minimum atomic E-state index is -0.288. The van der Waals surface area contributed by atoms with Crippen molar-refractivity contribution in [3.05, 3.63) is 28.2 Å². The summed E-state index contributed by atoms with van der Waals surface area (Å²) in [5, 5.41) is 3.05. The van der Waals surface area contributed by atoms with Gasteiger partial charge in [0.05, 0.1) is 16.7 Å². The summed E-state index contributed by atoms with van der Waals surface area (Å²) in [4.78, 5) is 25.1. The van der Waals surface area contributed by atoms with Crippen LogP contribution in [-0.2, 0) is 20.7 Å². The molecule has 6 heteroatoms. The van der Waals surface area contributed by atoms with Crippen molar-refractivity contribution >= 4 is 49.4 Å². The zero-order valence-electron chi connectivity index (χ0n) is 12.6. The first-order valence-electron chi connectivity index (χ1n) is 7.95. The Balaban J connectivity index is 1.60. The Hall–Kier alpha value is -0.880. The number of rotatable bonds is 3. The molecule has 2 bridgehead atoms. The number of esters is 1. The van der Waals surface area contributed by atoms with E-state index in [4.69, 9.17) is 4.74 Å². The van der Waals surface area contributed by atoms with Gasteiger partial charge in [0.1, 0.15) is 6.10 Å². The predicted octanol–water partition coefficient (Wildman–Crippen LogP) is 3.52. The number of anilines is 1. The van der Waals surface area contributed by atoms with Gasteiger partial charge >= 0.3 is 5.97 Å². The average molecular weight is 443 g/mol. The summed E-state index contributed by atoms with van der Waals surface area (Å²) in [6.07, 6.45) is 1.69. The van der Waals surface area contributed by atoms with Gasteiger partial charge in [-0.2, -0.15) is 0 Å². The molecule has 1 amide bonds. The van der Waals surface area contributed by atoms with Gasteiger partial charge in [-0.05, 0) is 42.5 Å². The molecule has 2 aliphatic carbocycles. The summed E-state index contributed by atoms with van der Waals surface area (Å²) < 4.78 is 6.47. The van der Waals surface area contributed by atoms with E-state index in [2.05, 4.69) is 44.1 Å². The lowest BCUT2D eigenvalue weighted by molar-refractivity contribution is -0.145. The van der Waals surface area contributed by atoms with Crippen LogP contribution in [-0.4, -0.2) is 22.8 Å². The molecule has 4 nitrogen and oxygen atoms in total. The van der Waals surface area contributed by atoms with Gasteiger partial charge in [-0.1, -0.05) is 38.8 Å². The molecule has 122 valence electrons. The minimum absolute atomic E-state index is 0.0413. The molecule has 1 aliphatic heterocycles. The number of alkyl halides is 1. The van der Waals surface area contributed by atoms with Gasteiger partial charge in [0.25, 0.3) is 0 Å². The van der Waals surface area contributed by atoms with Crippen LogP contribution in [0.25, 0.3) is 0 Å².